The number of ether oxygens (including phenoxy) is 1. The lowest BCUT2D eigenvalue weighted by molar-refractivity contribution is -0.130. The average Bonchev–Trinajstić information content (AvgIpc) is 3.10. The second-order valence-corrected chi connectivity index (χ2v) is 6.37. The number of pyridine rings is 1. The summed E-state index contributed by atoms with van der Waals surface area (Å²) in [6.45, 7) is 3.12. The number of piperazine rings is 1. The highest BCUT2D eigenvalue weighted by Crippen LogP contribution is 2.26. The third-order valence-electron chi connectivity index (χ3n) is 4.86. The second kappa shape index (κ2) is 7.07. The molecule has 26 heavy (non-hydrogen) atoms. The first-order valence-corrected chi connectivity index (χ1v) is 8.71. The third kappa shape index (κ3) is 3.22. The minimum Gasteiger partial charge on any atom is -0.497 e. The molecule has 2 aromatic heterocycles. The van der Waals surface area contributed by atoms with Gasteiger partial charge in [0.05, 0.1) is 19.8 Å². The smallest absolute Gasteiger partial charge is 0.227 e. The number of methoxy groups -OCH3 is 1. The van der Waals surface area contributed by atoms with Crippen LogP contribution in [0.15, 0.2) is 53.4 Å². The molecule has 1 aliphatic rings. The molecule has 134 valence electrons. The van der Waals surface area contributed by atoms with Crippen LogP contribution in [0, 0.1) is 0 Å². The molecule has 6 nitrogen and oxygen atoms in total. The van der Waals surface area contributed by atoms with Crippen LogP contribution in [0.25, 0.3) is 11.0 Å². The Balaban J connectivity index is 1.40. The summed E-state index contributed by atoms with van der Waals surface area (Å²) in [6, 6.07) is 9.69. The summed E-state index contributed by atoms with van der Waals surface area (Å²) in [7, 11) is 1.63. The molecular weight excluding hydrogens is 330 g/mol. The van der Waals surface area contributed by atoms with Crippen LogP contribution in [-0.4, -0.2) is 49.1 Å². The van der Waals surface area contributed by atoms with E-state index in [1.54, 1.807) is 25.8 Å². The minimum atomic E-state index is 0.137. The zero-order valence-electron chi connectivity index (χ0n) is 14.7. The lowest BCUT2D eigenvalue weighted by atomic mass is 10.1. The largest absolute Gasteiger partial charge is 0.497 e. The van der Waals surface area contributed by atoms with Crippen LogP contribution in [0.3, 0.4) is 0 Å². The Labute approximate surface area is 152 Å². The molecule has 1 amide bonds. The topological polar surface area (TPSA) is 58.8 Å². The fraction of sp³-hybridized carbons (Fsp3) is 0.300. The number of hydrogen-bond acceptors (Lipinski definition) is 5. The first kappa shape index (κ1) is 16.4. The van der Waals surface area contributed by atoms with Crippen molar-refractivity contribution in [3.63, 3.8) is 0 Å². The molecule has 1 aliphatic heterocycles. The predicted molar refractivity (Wildman–Crippen MR) is 99.5 cm³/mol. The van der Waals surface area contributed by atoms with Gasteiger partial charge in [-0.05, 0) is 24.3 Å². The van der Waals surface area contributed by atoms with Gasteiger partial charge in [-0.15, -0.1) is 0 Å². The van der Waals surface area contributed by atoms with Crippen LogP contribution in [-0.2, 0) is 11.2 Å². The molecule has 1 fully saturated rings. The summed E-state index contributed by atoms with van der Waals surface area (Å²) in [5, 5.41) is 0.967. The molecule has 0 spiro atoms. The minimum absolute atomic E-state index is 0.137. The quantitative estimate of drug-likeness (QED) is 0.723. The summed E-state index contributed by atoms with van der Waals surface area (Å²) < 4.78 is 10.8. The molecule has 0 saturated carbocycles. The van der Waals surface area contributed by atoms with Gasteiger partial charge in [0.2, 0.25) is 5.91 Å². The third-order valence-corrected chi connectivity index (χ3v) is 4.86. The van der Waals surface area contributed by atoms with E-state index in [0.717, 1.165) is 54.1 Å². The lowest BCUT2D eigenvalue weighted by Crippen LogP contribution is -2.49. The van der Waals surface area contributed by atoms with E-state index in [4.69, 9.17) is 9.15 Å². The molecule has 0 unspecified atom stereocenters. The number of anilines is 1. The van der Waals surface area contributed by atoms with E-state index in [1.807, 2.05) is 35.2 Å². The number of rotatable bonds is 4. The molecule has 4 rings (SSSR count). The Kier molecular flexibility index (Phi) is 4.48. The van der Waals surface area contributed by atoms with Gasteiger partial charge in [-0.25, -0.2) is 0 Å². The molecule has 1 saturated heterocycles. The monoisotopic (exact) mass is 351 g/mol. The van der Waals surface area contributed by atoms with E-state index in [2.05, 4.69) is 9.88 Å². The van der Waals surface area contributed by atoms with Crippen molar-refractivity contribution in [3.8, 4) is 5.75 Å². The van der Waals surface area contributed by atoms with Crippen LogP contribution in [0.5, 0.6) is 5.75 Å². The van der Waals surface area contributed by atoms with Gasteiger partial charge in [-0.1, -0.05) is 0 Å². The standard InChI is InChI=1S/C20H21N3O3/c1-25-17-2-3-18-15(14-26-19(18)13-17)12-20(24)23-10-8-22(9-11-23)16-4-6-21-7-5-16/h2-7,13-14H,8-12H2,1H3. The highest BCUT2D eigenvalue weighted by atomic mass is 16.5. The van der Waals surface area contributed by atoms with Crippen LogP contribution in [0.4, 0.5) is 5.69 Å². The summed E-state index contributed by atoms with van der Waals surface area (Å²) in [4.78, 5) is 21.0. The molecule has 0 bridgehead atoms. The Morgan fingerprint density at radius 3 is 2.65 bits per heavy atom. The number of hydrogen-bond donors (Lipinski definition) is 0. The van der Waals surface area contributed by atoms with Gasteiger partial charge in [0.25, 0.3) is 0 Å². The lowest BCUT2D eigenvalue weighted by Gasteiger charge is -2.36. The van der Waals surface area contributed by atoms with Crippen LogP contribution in [0.1, 0.15) is 5.56 Å². The van der Waals surface area contributed by atoms with Gasteiger partial charge in [0.1, 0.15) is 11.3 Å². The van der Waals surface area contributed by atoms with Crippen molar-refractivity contribution in [3.05, 3.63) is 54.6 Å². The highest BCUT2D eigenvalue weighted by Gasteiger charge is 2.22. The molecule has 3 heterocycles. The Hall–Kier alpha value is -3.02. The van der Waals surface area contributed by atoms with E-state index in [9.17, 15) is 4.79 Å². The van der Waals surface area contributed by atoms with Crippen molar-refractivity contribution in [1.29, 1.82) is 0 Å². The fourth-order valence-electron chi connectivity index (χ4n) is 3.37. The average molecular weight is 351 g/mol. The number of carbonyl (C=O) groups excluding carboxylic acids is 1. The van der Waals surface area contributed by atoms with Gasteiger partial charge in [-0.3, -0.25) is 9.78 Å². The highest BCUT2D eigenvalue weighted by molar-refractivity contribution is 5.88. The number of aromatic nitrogens is 1. The van der Waals surface area contributed by atoms with E-state index < -0.39 is 0 Å². The van der Waals surface area contributed by atoms with Crippen molar-refractivity contribution in [2.45, 2.75) is 6.42 Å². The van der Waals surface area contributed by atoms with Crippen LogP contribution in [0.2, 0.25) is 0 Å². The summed E-state index contributed by atoms with van der Waals surface area (Å²) >= 11 is 0. The number of amides is 1. The number of nitrogens with zero attached hydrogens (tertiary/aromatic N) is 3. The van der Waals surface area contributed by atoms with Gasteiger partial charge in [0.15, 0.2) is 0 Å². The van der Waals surface area contributed by atoms with Crippen LogP contribution >= 0.6 is 0 Å². The van der Waals surface area contributed by atoms with Gasteiger partial charge in [0, 0.05) is 61.3 Å². The van der Waals surface area contributed by atoms with E-state index in [1.165, 1.54) is 0 Å². The number of furan rings is 1. The van der Waals surface area contributed by atoms with Gasteiger partial charge < -0.3 is 19.0 Å². The maximum absolute atomic E-state index is 12.7. The van der Waals surface area contributed by atoms with Gasteiger partial charge >= 0.3 is 0 Å². The predicted octanol–water partition coefficient (Wildman–Crippen LogP) is 2.73. The Morgan fingerprint density at radius 1 is 1.15 bits per heavy atom. The van der Waals surface area contributed by atoms with Gasteiger partial charge in [-0.2, -0.15) is 0 Å². The van der Waals surface area contributed by atoms with Crippen molar-refractivity contribution >= 4 is 22.6 Å². The second-order valence-electron chi connectivity index (χ2n) is 6.37. The molecule has 0 N–H and O–H groups in total. The Morgan fingerprint density at radius 2 is 1.92 bits per heavy atom. The number of fused-ring (bicyclic) bond motifs is 1. The number of carbonyl (C=O) groups is 1. The molecule has 6 heteroatoms. The SMILES string of the molecule is COc1ccc2c(CC(=O)N3CCN(c4ccncc4)CC3)coc2c1. The molecule has 0 aliphatic carbocycles. The molecule has 0 atom stereocenters. The molecule has 3 aromatic rings. The van der Waals surface area contributed by atoms with Crippen LogP contribution < -0.4 is 9.64 Å². The zero-order chi connectivity index (χ0) is 17.9. The summed E-state index contributed by atoms with van der Waals surface area (Å²) in [5.41, 5.74) is 2.82. The zero-order valence-corrected chi connectivity index (χ0v) is 14.7. The molecule has 1 aromatic carbocycles. The number of benzene rings is 1. The van der Waals surface area contributed by atoms with E-state index in [0.29, 0.717) is 6.42 Å². The Bertz CT molecular complexity index is 899. The van der Waals surface area contributed by atoms with Crippen molar-refractivity contribution in [2.75, 3.05) is 38.2 Å². The maximum Gasteiger partial charge on any atom is 0.227 e. The van der Waals surface area contributed by atoms with Crippen molar-refractivity contribution in [2.24, 2.45) is 0 Å². The maximum atomic E-state index is 12.7. The molecular formula is C20H21N3O3. The molecule has 0 radical (unpaired) electrons. The normalized spacial score (nSPS) is 14.7. The van der Waals surface area contributed by atoms with Crippen molar-refractivity contribution in [1.82, 2.24) is 9.88 Å². The first-order chi connectivity index (χ1) is 12.7. The summed E-state index contributed by atoms with van der Waals surface area (Å²) in [6.07, 6.45) is 5.63. The van der Waals surface area contributed by atoms with Crippen molar-refractivity contribution < 1.29 is 13.9 Å². The summed E-state index contributed by atoms with van der Waals surface area (Å²) in [5.74, 6) is 0.884. The fourth-order valence-corrected chi connectivity index (χ4v) is 3.37. The van der Waals surface area contributed by atoms with E-state index >= 15 is 0 Å². The first-order valence-electron chi connectivity index (χ1n) is 8.71. The van der Waals surface area contributed by atoms with E-state index in [-0.39, 0.29) is 5.91 Å².